The molecule has 0 bridgehead atoms. The fraction of sp³-hybridized carbons (Fsp3) is 0.429. The number of hydrogen-bond acceptors (Lipinski definition) is 4. The maximum atomic E-state index is 13.5. The van der Waals surface area contributed by atoms with Crippen LogP contribution in [-0.4, -0.2) is 29.6 Å². The van der Waals surface area contributed by atoms with Gasteiger partial charge < -0.3 is 21.5 Å². The summed E-state index contributed by atoms with van der Waals surface area (Å²) in [6.07, 6.45) is 3.07. The number of carbonyl (C=O) groups excluding carboxylic acids is 1. The summed E-state index contributed by atoms with van der Waals surface area (Å²) in [5.41, 5.74) is 5.71. The minimum absolute atomic E-state index is 0.0136. The molecule has 1 saturated carbocycles. The monoisotopic (exact) mass is 295 g/mol. The average Bonchev–Trinajstić information content (AvgIpc) is 3.21. The van der Waals surface area contributed by atoms with Gasteiger partial charge in [-0.25, -0.2) is 9.18 Å². The largest absolute Gasteiger partial charge is 0.478 e. The number of carboxylic acid groups (broad SMARTS) is 1. The Kier molecular flexibility index (Phi) is 4.62. The number of nitrogen functional groups attached to an aromatic ring is 1. The van der Waals surface area contributed by atoms with Gasteiger partial charge in [0.05, 0.1) is 16.9 Å². The zero-order valence-corrected chi connectivity index (χ0v) is 11.5. The second-order valence-electron chi connectivity index (χ2n) is 5.10. The van der Waals surface area contributed by atoms with Crippen molar-refractivity contribution in [3.8, 4) is 0 Å². The topological polar surface area (TPSA) is 104 Å². The lowest BCUT2D eigenvalue weighted by Gasteiger charge is -2.10. The van der Waals surface area contributed by atoms with Crippen LogP contribution >= 0.6 is 0 Å². The van der Waals surface area contributed by atoms with E-state index >= 15 is 0 Å². The van der Waals surface area contributed by atoms with E-state index < -0.39 is 17.3 Å². The normalized spacial score (nSPS) is 13.8. The van der Waals surface area contributed by atoms with Crippen molar-refractivity contribution in [3.63, 3.8) is 0 Å². The SMILES string of the molecule is Nc1cc(C(=O)O)c(F)cc1NCCCC(=O)NC1CC1. The molecule has 21 heavy (non-hydrogen) atoms. The summed E-state index contributed by atoms with van der Waals surface area (Å²) in [5.74, 6) is -2.19. The van der Waals surface area contributed by atoms with Crippen molar-refractivity contribution in [2.75, 3.05) is 17.6 Å². The molecule has 0 aromatic heterocycles. The van der Waals surface area contributed by atoms with Crippen molar-refractivity contribution in [2.24, 2.45) is 0 Å². The van der Waals surface area contributed by atoms with Crippen LogP contribution < -0.4 is 16.4 Å². The summed E-state index contributed by atoms with van der Waals surface area (Å²) in [6.45, 7) is 0.453. The molecule has 7 heteroatoms. The van der Waals surface area contributed by atoms with Crippen LogP contribution in [0.15, 0.2) is 12.1 Å². The highest BCUT2D eigenvalue weighted by Crippen LogP contribution is 2.23. The third-order valence-corrected chi connectivity index (χ3v) is 3.21. The molecule has 0 aliphatic heterocycles. The summed E-state index contributed by atoms with van der Waals surface area (Å²) in [6, 6.07) is 2.49. The fourth-order valence-corrected chi connectivity index (χ4v) is 1.91. The van der Waals surface area contributed by atoms with Crippen LogP contribution in [0.4, 0.5) is 15.8 Å². The Balaban J connectivity index is 1.81. The number of nitrogens with two attached hydrogens (primary N) is 1. The first kappa shape index (κ1) is 15.1. The molecule has 1 aromatic carbocycles. The second kappa shape index (κ2) is 6.43. The Morgan fingerprint density at radius 3 is 2.71 bits per heavy atom. The third-order valence-electron chi connectivity index (χ3n) is 3.21. The number of nitrogens with one attached hydrogen (secondary N) is 2. The number of rotatable bonds is 7. The molecule has 114 valence electrons. The summed E-state index contributed by atoms with van der Waals surface area (Å²) >= 11 is 0. The van der Waals surface area contributed by atoms with Crippen molar-refractivity contribution in [1.29, 1.82) is 0 Å². The summed E-state index contributed by atoms with van der Waals surface area (Å²) in [4.78, 5) is 22.2. The number of carboxylic acids is 1. The number of hydrogen-bond donors (Lipinski definition) is 4. The van der Waals surface area contributed by atoms with E-state index in [2.05, 4.69) is 10.6 Å². The van der Waals surface area contributed by atoms with Gasteiger partial charge in [-0.05, 0) is 31.4 Å². The van der Waals surface area contributed by atoms with Crippen molar-refractivity contribution in [2.45, 2.75) is 31.7 Å². The molecule has 1 aliphatic carbocycles. The molecule has 0 spiro atoms. The molecule has 0 heterocycles. The number of anilines is 2. The third kappa shape index (κ3) is 4.34. The number of halogens is 1. The van der Waals surface area contributed by atoms with E-state index in [-0.39, 0.29) is 11.6 Å². The van der Waals surface area contributed by atoms with Crippen LogP contribution in [0.1, 0.15) is 36.0 Å². The van der Waals surface area contributed by atoms with Crippen LogP contribution in [0.25, 0.3) is 0 Å². The Morgan fingerprint density at radius 1 is 1.38 bits per heavy atom. The van der Waals surface area contributed by atoms with E-state index in [1.165, 1.54) is 0 Å². The lowest BCUT2D eigenvalue weighted by atomic mass is 10.1. The van der Waals surface area contributed by atoms with Gasteiger partial charge in [0, 0.05) is 19.0 Å². The lowest BCUT2D eigenvalue weighted by molar-refractivity contribution is -0.121. The van der Waals surface area contributed by atoms with Crippen molar-refractivity contribution >= 4 is 23.3 Å². The van der Waals surface area contributed by atoms with Gasteiger partial charge in [0.15, 0.2) is 0 Å². The smallest absolute Gasteiger partial charge is 0.338 e. The first-order valence-corrected chi connectivity index (χ1v) is 6.83. The highest BCUT2D eigenvalue weighted by molar-refractivity contribution is 5.90. The van der Waals surface area contributed by atoms with Gasteiger partial charge in [-0.15, -0.1) is 0 Å². The molecule has 6 nitrogen and oxygen atoms in total. The van der Waals surface area contributed by atoms with E-state index in [9.17, 15) is 14.0 Å². The zero-order chi connectivity index (χ0) is 15.4. The quantitative estimate of drug-likeness (QED) is 0.451. The van der Waals surface area contributed by atoms with Gasteiger partial charge in [-0.3, -0.25) is 4.79 Å². The predicted molar refractivity (Wildman–Crippen MR) is 76.7 cm³/mol. The van der Waals surface area contributed by atoms with Crippen LogP contribution in [0, 0.1) is 5.82 Å². The lowest BCUT2D eigenvalue weighted by Crippen LogP contribution is -2.25. The minimum Gasteiger partial charge on any atom is -0.478 e. The van der Waals surface area contributed by atoms with Gasteiger partial charge in [-0.2, -0.15) is 0 Å². The molecular formula is C14H18FN3O3. The Bertz CT molecular complexity index is 559. The van der Waals surface area contributed by atoms with E-state index in [1.807, 2.05) is 0 Å². The highest BCUT2D eigenvalue weighted by atomic mass is 19.1. The van der Waals surface area contributed by atoms with Crippen molar-refractivity contribution < 1.29 is 19.1 Å². The summed E-state index contributed by atoms with van der Waals surface area (Å²) in [5, 5.41) is 14.6. The molecule has 0 saturated heterocycles. The van der Waals surface area contributed by atoms with Gasteiger partial charge in [0.1, 0.15) is 5.82 Å². The number of carbonyl (C=O) groups is 2. The predicted octanol–water partition coefficient (Wildman–Crippen LogP) is 1.58. The molecule has 1 fully saturated rings. The summed E-state index contributed by atoms with van der Waals surface area (Å²) in [7, 11) is 0. The number of benzene rings is 1. The molecule has 0 radical (unpaired) electrons. The standard InChI is InChI=1S/C14H18FN3O3/c15-10-7-12(11(16)6-9(10)14(20)21)17-5-1-2-13(19)18-8-3-4-8/h6-8,17H,1-5,16H2,(H,18,19)(H,20,21). The Hall–Kier alpha value is -2.31. The first-order chi connectivity index (χ1) is 9.97. The summed E-state index contributed by atoms with van der Waals surface area (Å²) < 4.78 is 13.5. The molecular weight excluding hydrogens is 277 g/mol. The molecule has 0 unspecified atom stereocenters. The van der Waals surface area contributed by atoms with Crippen LogP contribution in [0.2, 0.25) is 0 Å². The highest BCUT2D eigenvalue weighted by Gasteiger charge is 2.22. The average molecular weight is 295 g/mol. The van der Waals surface area contributed by atoms with Crippen LogP contribution in [0.5, 0.6) is 0 Å². The minimum atomic E-state index is -1.36. The van der Waals surface area contributed by atoms with Gasteiger partial charge in [-0.1, -0.05) is 0 Å². The van der Waals surface area contributed by atoms with E-state index in [4.69, 9.17) is 10.8 Å². The Labute approximate surface area is 121 Å². The number of aromatic carboxylic acids is 1. The molecule has 0 atom stereocenters. The fourth-order valence-electron chi connectivity index (χ4n) is 1.91. The van der Waals surface area contributed by atoms with Gasteiger partial charge >= 0.3 is 5.97 Å². The van der Waals surface area contributed by atoms with E-state index in [0.717, 1.165) is 25.0 Å². The molecule has 1 aromatic rings. The molecule has 2 rings (SSSR count). The van der Waals surface area contributed by atoms with E-state index in [1.54, 1.807) is 0 Å². The maximum Gasteiger partial charge on any atom is 0.338 e. The maximum absolute atomic E-state index is 13.5. The molecule has 5 N–H and O–H groups in total. The van der Waals surface area contributed by atoms with Gasteiger partial charge in [0.2, 0.25) is 5.91 Å². The molecule has 1 aliphatic rings. The van der Waals surface area contributed by atoms with Gasteiger partial charge in [0.25, 0.3) is 0 Å². The van der Waals surface area contributed by atoms with E-state index in [0.29, 0.717) is 31.1 Å². The number of amides is 1. The zero-order valence-electron chi connectivity index (χ0n) is 11.5. The van der Waals surface area contributed by atoms with Crippen molar-refractivity contribution in [1.82, 2.24) is 5.32 Å². The first-order valence-electron chi connectivity index (χ1n) is 6.83. The van der Waals surface area contributed by atoms with Crippen LogP contribution in [-0.2, 0) is 4.79 Å². The second-order valence-corrected chi connectivity index (χ2v) is 5.10. The van der Waals surface area contributed by atoms with Crippen molar-refractivity contribution in [3.05, 3.63) is 23.5 Å². The Morgan fingerprint density at radius 2 is 2.10 bits per heavy atom. The van der Waals surface area contributed by atoms with Crippen LogP contribution in [0.3, 0.4) is 0 Å². The molecule has 1 amide bonds.